The molecule has 108 valence electrons. The van der Waals surface area contributed by atoms with E-state index in [0.717, 1.165) is 18.5 Å². The average Bonchev–Trinajstić information content (AvgIpc) is 2.38. The summed E-state index contributed by atoms with van der Waals surface area (Å²) in [7, 11) is -1.94. The molecule has 0 aromatic heterocycles. The molecule has 0 unspecified atom stereocenters. The van der Waals surface area contributed by atoms with Gasteiger partial charge in [-0.3, -0.25) is 0 Å². The smallest absolute Gasteiger partial charge is 0.240 e. The van der Waals surface area contributed by atoms with Crippen molar-refractivity contribution in [3.05, 3.63) is 23.8 Å². The van der Waals surface area contributed by atoms with Crippen LogP contribution in [0.15, 0.2) is 23.1 Å². The second-order valence-corrected chi connectivity index (χ2v) is 6.05. The van der Waals surface area contributed by atoms with E-state index in [2.05, 4.69) is 17.0 Å². The minimum atomic E-state index is -3.47. The molecule has 0 amide bonds. The lowest BCUT2D eigenvalue weighted by atomic mass is 10.2. The lowest BCUT2D eigenvalue weighted by Crippen LogP contribution is -2.32. The number of hydrogen-bond donors (Lipinski definition) is 2. The van der Waals surface area contributed by atoms with Crippen LogP contribution < -0.4 is 14.8 Å². The fourth-order valence-corrected chi connectivity index (χ4v) is 2.67. The Morgan fingerprint density at radius 1 is 1.21 bits per heavy atom. The van der Waals surface area contributed by atoms with E-state index in [1.807, 2.05) is 6.92 Å². The normalized spacial score (nSPS) is 11.5. The number of sulfonamides is 1. The van der Waals surface area contributed by atoms with Gasteiger partial charge in [0.2, 0.25) is 10.0 Å². The summed E-state index contributed by atoms with van der Waals surface area (Å²) in [5.74, 6) is 0.576. The van der Waals surface area contributed by atoms with E-state index in [-0.39, 0.29) is 4.90 Å². The third kappa shape index (κ3) is 4.81. The Hall–Kier alpha value is -1.11. The minimum Gasteiger partial charge on any atom is -0.496 e. The third-order valence-electron chi connectivity index (χ3n) is 2.71. The van der Waals surface area contributed by atoms with Crippen LogP contribution in [0.2, 0.25) is 0 Å². The molecule has 0 atom stereocenters. The van der Waals surface area contributed by atoms with Crippen LogP contribution in [0.4, 0.5) is 0 Å². The van der Waals surface area contributed by atoms with Crippen LogP contribution in [0.3, 0.4) is 0 Å². The Kier molecular flexibility index (Phi) is 6.27. The van der Waals surface area contributed by atoms with Gasteiger partial charge in [-0.25, -0.2) is 13.1 Å². The molecule has 1 aromatic carbocycles. The number of methoxy groups -OCH3 is 1. The van der Waals surface area contributed by atoms with Gasteiger partial charge in [-0.2, -0.15) is 0 Å². The first-order valence-corrected chi connectivity index (χ1v) is 7.84. The topological polar surface area (TPSA) is 67.4 Å². The first-order valence-electron chi connectivity index (χ1n) is 6.36. The van der Waals surface area contributed by atoms with Crippen molar-refractivity contribution in [2.45, 2.75) is 25.2 Å². The van der Waals surface area contributed by atoms with Gasteiger partial charge in [0.15, 0.2) is 0 Å². The summed E-state index contributed by atoms with van der Waals surface area (Å²) in [4.78, 5) is 0.227. The van der Waals surface area contributed by atoms with Crippen LogP contribution in [-0.2, 0) is 10.0 Å². The van der Waals surface area contributed by atoms with Crippen molar-refractivity contribution in [2.24, 2.45) is 0 Å². The average molecular weight is 286 g/mol. The van der Waals surface area contributed by atoms with Gasteiger partial charge in [0.1, 0.15) is 5.75 Å². The Morgan fingerprint density at radius 2 is 1.95 bits per heavy atom. The van der Waals surface area contributed by atoms with Gasteiger partial charge in [-0.1, -0.05) is 13.0 Å². The summed E-state index contributed by atoms with van der Waals surface area (Å²) in [5.41, 5.74) is 0.908. The van der Waals surface area contributed by atoms with E-state index < -0.39 is 10.0 Å². The maximum Gasteiger partial charge on any atom is 0.240 e. The van der Waals surface area contributed by atoms with Gasteiger partial charge in [-0.15, -0.1) is 0 Å². The molecule has 0 fully saturated rings. The van der Waals surface area contributed by atoms with Crippen LogP contribution in [0, 0.1) is 6.92 Å². The van der Waals surface area contributed by atoms with Gasteiger partial charge < -0.3 is 10.1 Å². The summed E-state index contributed by atoms with van der Waals surface area (Å²) in [6.45, 7) is 5.82. The summed E-state index contributed by atoms with van der Waals surface area (Å²) in [5, 5.41) is 3.14. The molecule has 0 bridgehead atoms. The molecular weight excluding hydrogens is 264 g/mol. The van der Waals surface area contributed by atoms with Gasteiger partial charge in [0.05, 0.1) is 12.0 Å². The highest BCUT2D eigenvalue weighted by Gasteiger charge is 2.14. The molecule has 5 nitrogen and oxygen atoms in total. The Labute approximate surface area is 115 Å². The van der Waals surface area contributed by atoms with E-state index in [1.54, 1.807) is 12.1 Å². The number of ether oxygens (including phenoxy) is 1. The third-order valence-corrected chi connectivity index (χ3v) is 4.17. The zero-order chi connectivity index (χ0) is 14.3. The lowest BCUT2D eigenvalue weighted by molar-refractivity contribution is 0.410. The van der Waals surface area contributed by atoms with Crippen molar-refractivity contribution in [1.82, 2.24) is 10.0 Å². The zero-order valence-electron chi connectivity index (χ0n) is 11.7. The largest absolute Gasteiger partial charge is 0.496 e. The highest BCUT2D eigenvalue weighted by Crippen LogP contribution is 2.21. The molecule has 2 N–H and O–H groups in total. The van der Waals surface area contributed by atoms with Crippen LogP contribution in [0.25, 0.3) is 0 Å². The summed E-state index contributed by atoms with van der Waals surface area (Å²) in [6.07, 6.45) is 1.03. The maximum absolute atomic E-state index is 12.0. The van der Waals surface area contributed by atoms with Gasteiger partial charge >= 0.3 is 0 Å². The Bertz CT molecular complexity index is 501. The van der Waals surface area contributed by atoms with Crippen molar-refractivity contribution in [3.63, 3.8) is 0 Å². The first kappa shape index (κ1) is 15.9. The fraction of sp³-hybridized carbons (Fsp3) is 0.538. The van der Waals surface area contributed by atoms with Crippen LogP contribution >= 0.6 is 0 Å². The molecule has 0 spiro atoms. The second kappa shape index (κ2) is 7.47. The van der Waals surface area contributed by atoms with Gasteiger partial charge in [-0.05, 0) is 31.5 Å². The van der Waals surface area contributed by atoms with Crippen LogP contribution in [0.1, 0.15) is 18.9 Å². The predicted octanol–water partition coefficient (Wildman–Crippen LogP) is 1.28. The predicted molar refractivity (Wildman–Crippen MR) is 76.1 cm³/mol. The number of nitrogens with one attached hydrogen (secondary N) is 2. The van der Waals surface area contributed by atoms with Crippen molar-refractivity contribution >= 4 is 10.0 Å². The van der Waals surface area contributed by atoms with Crippen molar-refractivity contribution in [3.8, 4) is 5.75 Å². The fourth-order valence-electron chi connectivity index (χ4n) is 1.63. The molecule has 0 aliphatic heterocycles. The van der Waals surface area contributed by atoms with Gasteiger partial charge in [0, 0.05) is 19.2 Å². The maximum atomic E-state index is 12.0. The van der Waals surface area contributed by atoms with E-state index in [9.17, 15) is 8.42 Å². The SMILES string of the molecule is CCCNCCNS(=O)(=O)c1ccc(C)c(OC)c1. The lowest BCUT2D eigenvalue weighted by Gasteiger charge is -2.10. The zero-order valence-corrected chi connectivity index (χ0v) is 12.5. The molecule has 1 rings (SSSR count). The van der Waals surface area contributed by atoms with E-state index >= 15 is 0 Å². The quantitative estimate of drug-likeness (QED) is 0.707. The molecule has 0 saturated heterocycles. The van der Waals surface area contributed by atoms with Crippen molar-refractivity contribution < 1.29 is 13.2 Å². The molecule has 1 aromatic rings. The Morgan fingerprint density at radius 3 is 2.58 bits per heavy atom. The van der Waals surface area contributed by atoms with Crippen LogP contribution in [-0.4, -0.2) is 35.2 Å². The van der Waals surface area contributed by atoms with Crippen molar-refractivity contribution in [2.75, 3.05) is 26.7 Å². The highest BCUT2D eigenvalue weighted by molar-refractivity contribution is 7.89. The van der Waals surface area contributed by atoms with Crippen LogP contribution in [0.5, 0.6) is 5.75 Å². The molecule has 6 heteroatoms. The molecule has 0 aliphatic rings. The monoisotopic (exact) mass is 286 g/mol. The molecule has 0 saturated carbocycles. The standard InChI is InChI=1S/C13H22N2O3S/c1-4-7-14-8-9-15-19(16,17)12-6-5-11(2)13(10-12)18-3/h5-6,10,14-15H,4,7-9H2,1-3H3. The molecule has 0 radical (unpaired) electrons. The summed E-state index contributed by atoms with van der Waals surface area (Å²) >= 11 is 0. The number of aryl methyl sites for hydroxylation is 1. The molecule has 19 heavy (non-hydrogen) atoms. The number of rotatable bonds is 8. The first-order chi connectivity index (χ1) is 9.01. The van der Waals surface area contributed by atoms with E-state index in [0.29, 0.717) is 18.8 Å². The highest BCUT2D eigenvalue weighted by atomic mass is 32.2. The minimum absolute atomic E-state index is 0.227. The summed E-state index contributed by atoms with van der Waals surface area (Å²) < 4.78 is 31.8. The number of benzene rings is 1. The molecular formula is C13H22N2O3S. The molecule has 0 aliphatic carbocycles. The van der Waals surface area contributed by atoms with Gasteiger partial charge in [0.25, 0.3) is 0 Å². The summed E-state index contributed by atoms with van der Waals surface area (Å²) in [6, 6.07) is 4.86. The van der Waals surface area contributed by atoms with E-state index in [4.69, 9.17) is 4.74 Å². The second-order valence-electron chi connectivity index (χ2n) is 4.28. The van der Waals surface area contributed by atoms with E-state index in [1.165, 1.54) is 13.2 Å². The van der Waals surface area contributed by atoms with Crippen molar-refractivity contribution in [1.29, 1.82) is 0 Å². The number of hydrogen-bond acceptors (Lipinski definition) is 4. The molecule has 0 heterocycles. The Balaban J connectivity index is 2.67.